The monoisotopic (exact) mass is 344 g/mol. The van der Waals surface area contributed by atoms with Gasteiger partial charge in [-0.3, -0.25) is 14.4 Å². The van der Waals surface area contributed by atoms with Gasteiger partial charge in [-0.1, -0.05) is 34.1 Å². The second-order valence-corrected chi connectivity index (χ2v) is 8.85. The van der Waals surface area contributed by atoms with Crippen molar-refractivity contribution < 1.29 is 24.2 Å². The van der Waals surface area contributed by atoms with Gasteiger partial charge in [-0.2, -0.15) is 0 Å². The summed E-state index contributed by atoms with van der Waals surface area (Å²) >= 11 is 0. The minimum atomic E-state index is -1.08. The maximum absolute atomic E-state index is 13.0. The van der Waals surface area contributed by atoms with Crippen LogP contribution in [0, 0.1) is 22.7 Å². The second kappa shape index (κ2) is 4.91. The molecule has 0 aromatic rings. The van der Waals surface area contributed by atoms with Gasteiger partial charge in [-0.05, 0) is 35.8 Å². The molecule has 1 aliphatic heterocycles. The zero-order chi connectivity index (χ0) is 18.3. The highest BCUT2D eigenvalue weighted by molar-refractivity contribution is 6.51. The summed E-state index contributed by atoms with van der Waals surface area (Å²) in [5.41, 5.74) is -0.282. The molecule has 0 radical (unpaired) electrons. The molecule has 5 heteroatoms. The molecular weight excluding hydrogens is 320 g/mol. The van der Waals surface area contributed by atoms with Crippen LogP contribution in [0.5, 0.6) is 0 Å². The Balaban J connectivity index is 2.01. The van der Waals surface area contributed by atoms with Crippen molar-refractivity contribution in [3.63, 3.8) is 0 Å². The maximum Gasteiger partial charge on any atom is 0.317 e. The first-order valence-electron chi connectivity index (χ1n) is 9.07. The molecule has 1 heterocycles. The average molecular weight is 344 g/mol. The first-order valence-corrected chi connectivity index (χ1v) is 9.07. The lowest BCUT2D eigenvalue weighted by atomic mass is 9.48. The normalized spacial score (nSPS) is 39.2. The minimum absolute atomic E-state index is 0.120. The Bertz CT molecular complexity index is 769. The topological polar surface area (TPSA) is 80.7 Å². The van der Waals surface area contributed by atoms with E-state index in [4.69, 9.17) is 4.74 Å². The van der Waals surface area contributed by atoms with E-state index in [1.807, 2.05) is 13.8 Å². The van der Waals surface area contributed by atoms with Gasteiger partial charge in [-0.15, -0.1) is 0 Å². The van der Waals surface area contributed by atoms with Crippen molar-refractivity contribution in [2.75, 3.05) is 0 Å². The lowest BCUT2D eigenvalue weighted by Crippen LogP contribution is -2.56. The molecule has 0 spiro atoms. The van der Waals surface area contributed by atoms with Crippen molar-refractivity contribution in [3.05, 3.63) is 22.8 Å². The fourth-order valence-corrected chi connectivity index (χ4v) is 5.66. The molecule has 0 aromatic carbocycles. The van der Waals surface area contributed by atoms with Crippen LogP contribution >= 0.6 is 0 Å². The molecule has 0 aromatic heterocycles. The van der Waals surface area contributed by atoms with Crippen molar-refractivity contribution in [2.24, 2.45) is 22.7 Å². The van der Waals surface area contributed by atoms with E-state index in [2.05, 4.69) is 13.8 Å². The van der Waals surface area contributed by atoms with Crippen molar-refractivity contribution in [3.8, 4) is 0 Å². The summed E-state index contributed by atoms with van der Waals surface area (Å²) in [6.07, 6.45) is 2.14. The summed E-state index contributed by atoms with van der Waals surface area (Å²) in [5.74, 6) is -2.01. The Labute approximate surface area is 147 Å². The van der Waals surface area contributed by atoms with E-state index in [1.54, 1.807) is 6.08 Å². The third-order valence-corrected chi connectivity index (χ3v) is 6.69. The summed E-state index contributed by atoms with van der Waals surface area (Å²) in [7, 11) is 0. The van der Waals surface area contributed by atoms with Crippen molar-refractivity contribution in [2.45, 2.75) is 59.2 Å². The average Bonchev–Trinajstić information content (AvgIpc) is 2.79. The van der Waals surface area contributed by atoms with E-state index < -0.39 is 35.2 Å². The predicted octanol–water partition coefficient (Wildman–Crippen LogP) is 2.13. The molecule has 4 rings (SSSR count). The van der Waals surface area contributed by atoms with E-state index in [0.717, 1.165) is 12.8 Å². The summed E-state index contributed by atoms with van der Waals surface area (Å²) in [6, 6.07) is 0. The van der Waals surface area contributed by atoms with Gasteiger partial charge in [-0.25, -0.2) is 0 Å². The molecule has 4 aliphatic rings. The number of allylic oxidation sites excluding steroid dienone is 1. The van der Waals surface area contributed by atoms with Gasteiger partial charge in [0.1, 0.15) is 17.6 Å². The largest absolute Gasteiger partial charge is 0.458 e. The van der Waals surface area contributed by atoms with Crippen LogP contribution in [0.25, 0.3) is 0 Å². The molecule has 25 heavy (non-hydrogen) atoms. The Kier molecular flexibility index (Phi) is 3.28. The maximum atomic E-state index is 13.0. The third-order valence-electron chi connectivity index (χ3n) is 6.69. The number of Topliss-reactive ketones (excluding diaryl/α,β-unsaturated/α-hetero) is 2. The number of ketones is 2. The SMILES string of the molecule is CC(C)C1=CC2=C(C(=O)C1=O)[C@@]13CCCC(C)(C)[C@@H]1C(OC3=O)[C@H]2O. The Morgan fingerprint density at radius 3 is 2.48 bits per heavy atom. The molecule has 2 bridgehead atoms. The first kappa shape index (κ1) is 16.7. The van der Waals surface area contributed by atoms with E-state index in [1.165, 1.54) is 0 Å². The van der Waals surface area contributed by atoms with Crippen LogP contribution in [0.1, 0.15) is 47.0 Å². The minimum Gasteiger partial charge on any atom is -0.458 e. The molecular formula is C20H24O5. The van der Waals surface area contributed by atoms with Gasteiger partial charge >= 0.3 is 5.97 Å². The molecule has 0 amide bonds. The van der Waals surface area contributed by atoms with Crippen LogP contribution in [0.2, 0.25) is 0 Å². The molecule has 134 valence electrons. The third kappa shape index (κ3) is 1.85. The number of aliphatic hydroxyl groups is 1. The van der Waals surface area contributed by atoms with Crippen molar-refractivity contribution in [1.29, 1.82) is 0 Å². The lowest BCUT2D eigenvalue weighted by molar-refractivity contribution is -0.149. The van der Waals surface area contributed by atoms with Crippen molar-refractivity contribution >= 4 is 17.5 Å². The first-order chi connectivity index (χ1) is 11.6. The van der Waals surface area contributed by atoms with Gasteiger partial charge in [0.2, 0.25) is 11.6 Å². The molecule has 1 N–H and O–H groups in total. The second-order valence-electron chi connectivity index (χ2n) is 8.85. The van der Waals surface area contributed by atoms with Gasteiger partial charge < -0.3 is 9.84 Å². The van der Waals surface area contributed by atoms with E-state index in [9.17, 15) is 19.5 Å². The summed E-state index contributed by atoms with van der Waals surface area (Å²) in [4.78, 5) is 38.6. The zero-order valence-electron chi connectivity index (χ0n) is 15.1. The number of hydrogen-bond donors (Lipinski definition) is 1. The number of esters is 1. The molecule has 1 saturated carbocycles. The molecule has 4 atom stereocenters. The van der Waals surface area contributed by atoms with Gasteiger partial charge in [0.15, 0.2) is 0 Å². The fraction of sp³-hybridized carbons (Fsp3) is 0.650. The van der Waals surface area contributed by atoms with Crippen LogP contribution in [0.15, 0.2) is 22.8 Å². The van der Waals surface area contributed by atoms with Gasteiger partial charge in [0, 0.05) is 17.1 Å². The molecule has 3 aliphatic carbocycles. The van der Waals surface area contributed by atoms with Gasteiger partial charge in [0.05, 0.1) is 0 Å². The molecule has 5 nitrogen and oxygen atoms in total. The highest BCUT2D eigenvalue weighted by Gasteiger charge is 2.71. The number of ether oxygens (including phenoxy) is 1. The van der Waals surface area contributed by atoms with Crippen LogP contribution < -0.4 is 0 Å². The Hall–Kier alpha value is -1.75. The van der Waals surface area contributed by atoms with Crippen molar-refractivity contribution in [1.82, 2.24) is 0 Å². The zero-order valence-corrected chi connectivity index (χ0v) is 15.1. The number of hydrogen-bond acceptors (Lipinski definition) is 5. The van der Waals surface area contributed by atoms with Crippen LogP contribution in [0.4, 0.5) is 0 Å². The molecule has 1 saturated heterocycles. The van der Waals surface area contributed by atoms with E-state index in [-0.39, 0.29) is 22.8 Å². The highest BCUT2D eigenvalue weighted by atomic mass is 16.6. The smallest absolute Gasteiger partial charge is 0.317 e. The number of carbonyl (C=O) groups excluding carboxylic acids is 3. The quantitative estimate of drug-likeness (QED) is 0.448. The fourth-order valence-electron chi connectivity index (χ4n) is 5.66. The Morgan fingerprint density at radius 2 is 1.84 bits per heavy atom. The van der Waals surface area contributed by atoms with E-state index >= 15 is 0 Å². The van der Waals surface area contributed by atoms with Gasteiger partial charge in [0.25, 0.3) is 0 Å². The summed E-state index contributed by atoms with van der Waals surface area (Å²) < 4.78 is 5.62. The summed E-state index contributed by atoms with van der Waals surface area (Å²) in [5, 5.41) is 10.9. The Morgan fingerprint density at radius 1 is 1.16 bits per heavy atom. The van der Waals surface area contributed by atoms with Crippen LogP contribution in [-0.2, 0) is 19.1 Å². The summed E-state index contributed by atoms with van der Waals surface area (Å²) in [6.45, 7) is 7.81. The standard InChI is InChI=1S/C20H24O5/c1-9(2)10-8-11-12(15(23)13(10)21)20-7-5-6-19(3,4)17(20)16(14(11)22)25-18(20)24/h8-9,14,16-17,22H,5-7H2,1-4H3/t14-,16?,17-,20-/m0/s1. The van der Waals surface area contributed by atoms with Crippen LogP contribution in [0.3, 0.4) is 0 Å². The number of carbonyl (C=O) groups is 3. The lowest BCUT2D eigenvalue weighted by Gasteiger charge is -2.51. The number of aliphatic hydroxyl groups excluding tert-OH is 1. The highest BCUT2D eigenvalue weighted by Crippen LogP contribution is 2.65. The van der Waals surface area contributed by atoms with Crippen LogP contribution in [-0.4, -0.2) is 34.9 Å². The molecule has 2 fully saturated rings. The molecule has 1 unspecified atom stereocenters. The predicted molar refractivity (Wildman–Crippen MR) is 89.4 cm³/mol. The number of rotatable bonds is 1. The van der Waals surface area contributed by atoms with E-state index in [0.29, 0.717) is 17.6 Å².